The van der Waals surface area contributed by atoms with Gasteiger partial charge in [-0.1, -0.05) is 24.3 Å². The van der Waals surface area contributed by atoms with Crippen LogP contribution in [0.3, 0.4) is 0 Å². The predicted octanol–water partition coefficient (Wildman–Crippen LogP) is 5.72. The van der Waals surface area contributed by atoms with Crippen LogP contribution in [0.2, 0.25) is 0 Å². The highest BCUT2D eigenvalue weighted by Crippen LogP contribution is 2.25. The van der Waals surface area contributed by atoms with Crippen LogP contribution in [0.1, 0.15) is 22.4 Å². The molecular formula is C25H23N3OS. The Hall–Kier alpha value is -3.18. The third kappa shape index (κ3) is 4.69. The zero-order valence-electron chi connectivity index (χ0n) is 17.1. The summed E-state index contributed by atoms with van der Waals surface area (Å²) in [5.74, 6) is 0.835. The zero-order valence-corrected chi connectivity index (χ0v) is 17.9. The average Bonchev–Trinajstić information content (AvgIpc) is 2.77. The third-order valence-electron chi connectivity index (χ3n) is 5.09. The van der Waals surface area contributed by atoms with Crippen molar-refractivity contribution in [3.8, 4) is 0 Å². The first-order chi connectivity index (χ1) is 14.6. The molecule has 2 aromatic heterocycles. The van der Waals surface area contributed by atoms with Gasteiger partial charge >= 0.3 is 0 Å². The van der Waals surface area contributed by atoms with Crippen molar-refractivity contribution >= 4 is 34.3 Å². The van der Waals surface area contributed by atoms with Crippen LogP contribution in [-0.2, 0) is 17.0 Å². The van der Waals surface area contributed by atoms with Crippen molar-refractivity contribution in [3.05, 3.63) is 95.4 Å². The number of thioether (sulfide) groups is 1. The first-order valence-corrected chi connectivity index (χ1v) is 10.8. The highest BCUT2D eigenvalue weighted by Gasteiger charge is 2.13. The van der Waals surface area contributed by atoms with Crippen molar-refractivity contribution in [2.45, 2.75) is 30.9 Å². The molecule has 0 saturated heterocycles. The Balaban J connectivity index is 1.40. The summed E-state index contributed by atoms with van der Waals surface area (Å²) in [5.41, 5.74) is 5.98. The number of pyridine rings is 2. The Kier molecular flexibility index (Phi) is 6.10. The van der Waals surface area contributed by atoms with Crippen LogP contribution in [0.5, 0.6) is 0 Å². The van der Waals surface area contributed by atoms with Gasteiger partial charge in [0.2, 0.25) is 5.91 Å². The summed E-state index contributed by atoms with van der Waals surface area (Å²) in [7, 11) is 0. The number of amides is 1. The van der Waals surface area contributed by atoms with E-state index in [4.69, 9.17) is 0 Å². The second-order valence-corrected chi connectivity index (χ2v) is 8.27. The van der Waals surface area contributed by atoms with E-state index in [9.17, 15) is 4.79 Å². The van der Waals surface area contributed by atoms with Gasteiger partial charge in [0, 0.05) is 39.8 Å². The van der Waals surface area contributed by atoms with Crippen LogP contribution in [0.4, 0.5) is 5.69 Å². The number of hydrogen-bond acceptors (Lipinski definition) is 4. The van der Waals surface area contributed by atoms with Crippen molar-refractivity contribution < 1.29 is 4.79 Å². The summed E-state index contributed by atoms with van der Waals surface area (Å²) in [6.45, 7) is 4.03. The number of aromatic nitrogens is 2. The van der Waals surface area contributed by atoms with Gasteiger partial charge in [-0.05, 0) is 66.9 Å². The van der Waals surface area contributed by atoms with Crippen LogP contribution < -0.4 is 5.32 Å². The fourth-order valence-electron chi connectivity index (χ4n) is 3.48. The van der Waals surface area contributed by atoms with Gasteiger partial charge in [-0.2, -0.15) is 0 Å². The Morgan fingerprint density at radius 3 is 2.57 bits per heavy atom. The number of nitrogens with one attached hydrogen (secondary N) is 1. The zero-order chi connectivity index (χ0) is 20.9. The Morgan fingerprint density at radius 2 is 1.80 bits per heavy atom. The van der Waals surface area contributed by atoms with Crippen molar-refractivity contribution in [3.63, 3.8) is 0 Å². The number of carbonyl (C=O) groups is 1. The van der Waals surface area contributed by atoms with Gasteiger partial charge in [0.05, 0.1) is 11.9 Å². The maximum atomic E-state index is 12.7. The summed E-state index contributed by atoms with van der Waals surface area (Å²) < 4.78 is 0. The molecule has 5 heteroatoms. The minimum Gasteiger partial charge on any atom is -0.326 e. The Bertz CT molecular complexity index is 1170. The monoisotopic (exact) mass is 413 g/mol. The molecular weight excluding hydrogens is 390 g/mol. The number of carbonyl (C=O) groups excluding carboxylic acids is 1. The van der Waals surface area contributed by atoms with Gasteiger partial charge in [0.1, 0.15) is 0 Å². The van der Waals surface area contributed by atoms with E-state index in [0.29, 0.717) is 6.42 Å². The molecule has 0 aliphatic heterocycles. The molecule has 4 aromatic rings. The quantitative estimate of drug-likeness (QED) is 0.411. The lowest BCUT2D eigenvalue weighted by molar-refractivity contribution is -0.115. The molecule has 2 heterocycles. The SMILES string of the molecule is Cc1nc2ccccc2c(C)c1CC(=O)Nc1ccc(SCc2cccnc2)cc1. The molecule has 0 spiro atoms. The van der Waals surface area contributed by atoms with E-state index in [1.807, 2.05) is 61.7 Å². The number of nitrogens with zero attached hydrogens (tertiary/aromatic N) is 2. The lowest BCUT2D eigenvalue weighted by Crippen LogP contribution is -2.16. The molecule has 150 valence electrons. The van der Waals surface area contributed by atoms with Gasteiger partial charge in [0.25, 0.3) is 0 Å². The smallest absolute Gasteiger partial charge is 0.228 e. The molecule has 0 unspecified atom stereocenters. The molecule has 0 bridgehead atoms. The van der Waals surface area contributed by atoms with E-state index < -0.39 is 0 Å². The maximum absolute atomic E-state index is 12.7. The third-order valence-corrected chi connectivity index (χ3v) is 6.17. The molecule has 0 fully saturated rings. The fraction of sp³-hybridized carbons (Fsp3) is 0.160. The second-order valence-electron chi connectivity index (χ2n) is 7.22. The summed E-state index contributed by atoms with van der Waals surface area (Å²) in [6.07, 6.45) is 3.98. The molecule has 0 radical (unpaired) electrons. The van der Waals surface area contributed by atoms with Crippen LogP contribution in [0, 0.1) is 13.8 Å². The van der Waals surface area contributed by atoms with Crippen molar-refractivity contribution in [1.29, 1.82) is 0 Å². The number of aryl methyl sites for hydroxylation is 2. The van der Waals surface area contributed by atoms with Gasteiger partial charge in [-0.15, -0.1) is 11.8 Å². The minimum atomic E-state index is -0.0333. The molecule has 0 aliphatic carbocycles. The lowest BCUT2D eigenvalue weighted by atomic mass is 9.99. The largest absolute Gasteiger partial charge is 0.326 e. The minimum absolute atomic E-state index is 0.0333. The van der Waals surface area contributed by atoms with Gasteiger partial charge in [-0.3, -0.25) is 14.8 Å². The number of anilines is 1. The van der Waals surface area contributed by atoms with Crippen LogP contribution >= 0.6 is 11.8 Å². The van der Waals surface area contributed by atoms with Gasteiger partial charge in [0.15, 0.2) is 0 Å². The first kappa shape index (κ1) is 20.1. The standard InChI is InChI=1S/C25H23N3OS/c1-17-22-7-3-4-8-24(22)27-18(2)23(17)14-25(29)28-20-9-11-21(12-10-20)30-16-19-6-5-13-26-15-19/h3-13,15H,14,16H2,1-2H3,(H,28,29). The first-order valence-electron chi connectivity index (χ1n) is 9.86. The van der Waals surface area contributed by atoms with E-state index in [2.05, 4.69) is 34.3 Å². The van der Waals surface area contributed by atoms with Crippen molar-refractivity contribution in [2.75, 3.05) is 5.32 Å². The molecule has 1 amide bonds. The van der Waals surface area contributed by atoms with Crippen LogP contribution in [0.25, 0.3) is 10.9 Å². The van der Waals surface area contributed by atoms with Gasteiger partial charge in [-0.25, -0.2) is 0 Å². The second kappa shape index (κ2) is 9.09. The number of fused-ring (bicyclic) bond motifs is 1. The maximum Gasteiger partial charge on any atom is 0.228 e. The lowest BCUT2D eigenvalue weighted by Gasteiger charge is -2.13. The number of rotatable bonds is 6. The summed E-state index contributed by atoms with van der Waals surface area (Å²) >= 11 is 1.75. The molecule has 30 heavy (non-hydrogen) atoms. The van der Waals surface area contributed by atoms with Crippen LogP contribution in [-0.4, -0.2) is 15.9 Å². The van der Waals surface area contributed by atoms with E-state index >= 15 is 0 Å². The summed E-state index contributed by atoms with van der Waals surface area (Å²) in [4.78, 5) is 22.6. The average molecular weight is 414 g/mol. The van der Waals surface area contributed by atoms with E-state index in [1.165, 1.54) is 5.56 Å². The topological polar surface area (TPSA) is 54.9 Å². The van der Waals surface area contributed by atoms with Crippen molar-refractivity contribution in [1.82, 2.24) is 9.97 Å². The number of para-hydroxylation sites is 1. The predicted molar refractivity (Wildman–Crippen MR) is 124 cm³/mol. The molecule has 0 atom stereocenters. The molecule has 2 aromatic carbocycles. The van der Waals surface area contributed by atoms with Gasteiger partial charge < -0.3 is 5.32 Å². The highest BCUT2D eigenvalue weighted by molar-refractivity contribution is 7.98. The molecule has 4 nitrogen and oxygen atoms in total. The summed E-state index contributed by atoms with van der Waals surface area (Å²) in [6, 6.07) is 20.0. The number of benzene rings is 2. The summed E-state index contributed by atoms with van der Waals surface area (Å²) in [5, 5.41) is 4.11. The Labute approximate surface area is 180 Å². The van der Waals surface area contributed by atoms with E-state index in [-0.39, 0.29) is 5.91 Å². The number of hydrogen-bond donors (Lipinski definition) is 1. The normalized spacial score (nSPS) is 10.9. The fourth-order valence-corrected chi connectivity index (χ4v) is 4.31. The van der Waals surface area contributed by atoms with E-state index in [1.54, 1.807) is 18.0 Å². The van der Waals surface area contributed by atoms with Crippen LogP contribution in [0.15, 0.2) is 78.0 Å². The Morgan fingerprint density at radius 1 is 1.00 bits per heavy atom. The van der Waals surface area contributed by atoms with E-state index in [0.717, 1.165) is 44.1 Å². The molecule has 0 saturated carbocycles. The highest BCUT2D eigenvalue weighted by atomic mass is 32.2. The molecule has 1 N–H and O–H groups in total. The molecule has 4 rings (SSSR count). The molecule has 0 aliphatic rings. The van der Waals surface area contributed by atoms with Crippen molar-refractivity contribution in [2.24, 2.45) is 0 Å².